The molecule has 3 N–H and O–H groups in total. The van der Waals surface area contributed by atoms with Crippen molar-refractivity contribution < 1.29 is 9.90 Å². The molecule has 2 aliphatic carbocycles. The standard InChI is InChI=1S/C16H20Cl2N2O2/c17-13-6-1-9(7-14(13)18)15(20-11-4-5-11)12(16(21)22)8-19-10-2-3-10/h1,6-7,10-12,15,19-20H,2-5,8H2,(H,21,22). The summed E-state index contributed by atoms with van der Waals surface area (Å²) in [5.41, 5.74) is 0.881. The lowest BCUT2D eigenvalue weighted by Crippen LogP contribution is -2.40. The third-order valence-electron chi connectivity index (χ3n) is 4.22. The van der Waals surface area contributed by atoms with Crippen molar-refractivity contribution in [3.8, 4) is 0 Å². The third-order valence-corrected chi connectivity index (χ3v) is 4.96. The number of rotatable bonds is 8. The highest BCUT2D eigenvalue weighted by Gasteiger charge is 2.35. The van der Waals surface area contributed by atoms with Crippen LogP contribution in [0.1, 0.15) is 37.3 Å². The first-order chi connectivity index (χ1) is 10.5. The molecule has 0 spiro atoms. The zero-order valence-corrected chi connectivity index (χ0v) is 13.7. The molecular formula is C16H20Cl2N2O2. The first-order valence-electron chi connectivity index (χ1n) is 7.72. The van der Waals surface area contributed by atoms with Gasteiger partial charge in [-0.1, -0.05) is 29.3 Å². The molecule has 22 heavy (non-hydrogen) atoms. The molecule has 2 fully saturated rings. The van der Waals surface area contributed by atoms with E-state index < -0.39 is 11.9 Å². The van der Waals surface area contributed by atoms with Crippen molar-refractivity contribution in [1.29, 1.82) is 0 Å². The quantitative estimate of drug-likeness (QED) is 0.678. The number of carboxylic acids is 1. The molecule has 2 aliphatic rings. The van der Waals surface area contributed by atoms with Gasteiger partial charge in [0.15, 0.2) is 0 Å². The monoisotopic (exact) mass is 342 g/mol. The van der Waals surface area contributed by atoms with Crippen LogP contribution in [0.15, 0.2) is 18.2 Å². The van der Waals surface area contributed by atoms with Crippen LogP contribution in [0.4, 0.5) is 0 Å². The van der Waals surface area contributed by atoms with Gasteiger partial charge in [-0.25, -0.2) is 0 Å². The van der Waals surface area contributed by atoms with E-state index in [2.05, 4.69) is 10.6 Å². The fraction of sp³-hybridized carbons (Fsp3) is 0.562. The third kappa shape index (κ3) is 4.13. The number of halogens is 2. The molecule has 3 rings (SSSR count). The van der Waals surface area contributed by atoms with Crippen molar-refractivity contribution in [1.82, 2.24) is 10.6 Å². The van der Waals surface area contributed by atoms with Crippen molar-refractivity contribution in [3.63, 3.8) is 0 Å². The largest absolute Gasteiger partial charge is 0.481 e. The molecule has 0 radical (unpaired) electrons. The van der Waals surface area contributed by atoms with E-state index in [-0.39, 0.29) is 6.04 Å². The predicted octanol–water partition coefficient (Wildman–Crippen LogP) is 3.24. The van der Waals surface area contributed by atoms with Crippen LogP contribution in [0.25, 0.3) is 0 Å². The van der Waals surface area contributed by atoms with E-state index in [1.54, 1.807) is 12.1 Å². The number of hydrogen-bond donors (Lipinski definition) is 3. The molecular weight excluding hydrogens is 323 g/mol. The van der Waals surface area contributed by atoms with E-state index >= 15 is 0 Å². The second-order valence-electron chi connectivity index (χ2n) is 6.22. The summed E-state index contributed by atoms with van der Waals surface area (Å²) in [4.78, 5) is 11.8. The topological polar surface area (TPSA) is 61.4 Å². The smallest absolute Gasteiger partial charge is 0.309 e. The molecule has 2 atom stereocenters. The summed E-state index contributed by atoms with van der Waals surface area (Å²) in [5, 5.41) is 17.4. The van der Waals surface area contributed by atoms with Crippen LogP contribution in [-0.2, 0) is 4.79 Å². The lowest BCUT2D eigenvalue weighted by atomic mass is 9.92. The summed E-state index contributed by atoms with van der Waals surface area (Å²) in [6.45, 7) is 0.463. The van der Waals surface area contributed by atoms with Gasteiger partial charge in [-0.05, 0) is 43.4 Å². The molecule has 0 saturated heterocycles. The van der Waals surface area contributed by atoms with Crippen molar-refractivity contribution in [2.45, 2.75) is 43.8 Å². The first kappa shape index (κ1) is 16.1. The fourth-order valence-corrected chi connectivity index (χ4v) is 2.89. The number of carboxylic acid groups (broad SMARTS) is 1. The van der Waals surface area contributed by atoms with Gasteiger partial charge >= 0.3 is 5.97 Å². The van der Waals surface area contributed by atoms with E-state index in [4.69, 9.17) is 23.2 Å². The van der Waals surface area contributed by atoms with Crippen LogP contribution < -0.4 is 10.6 Å². The van der Waals surface area contributed by atoms with Crippen molar-refractivity contribution >= 4 is 29.2 Å². The number of carbonyl (C=O) groups is 1. The Hall–Kier alpha value is -0.810. The Kier molecular flexibility index (Phi) is 4.93. The molecule has 1 aromatic carbocycles. The van der Waals surface area contributed by atoms with Gasteiger partial charge in [0.1, 0.15) is 0 Å². The zero-order chi connectivity index (χ0) is 15.7. The van der Waals surface area contributed by atoms with Crippen LogP contribution in [0, 0.1) is 5.92 Å². The second kappa shape index (κ2) is 6.75. The van der Waals surface area contributed by atoms with E-state index in [0.29, 0.717) is 28.7 Å². The van der Waals surface area contributed by atoms with E-state index in [9.17, 15) is 9.90 Å². The van der Waals surface area contributed by atoms with Crippen LogP contribution in [-0.4, -0.2) is 29.7 Å². The minimum absolute atomic E-state index is 0.258. The average Bonchev–Trinajstić information content (AvgIpc) is 3.34. The average molecular weight is 343 g/mol. The van der Waals surface area contributed by atoms with Crippen LogP contribution in [0.2, 0.25) is 10.0 Å². The minimum Gasteiger partial charge on any atom is -0.481 e. The molecule has 2 unspecified atom stereocenters. The van der Waals surface area contributed by atoms with Crippen molar-refractivity contribution in [3.05, 3.63) is 33.8 Å². The molecule has 0 aromatic heterocycles. The van der Waals surface area contributed by atoms with Crippen LogP contribution in [0.5, 0.6) is 0 Å². The Morgan fingerprint density at radius 3 is 2.41 bits per heavy atom. The summed E-state index contributed by atoms with van der Waals surface area (Å²) in [7, 11) is 0. The summed E-state index contributed by atoms with van der Waals surface area (Å²) < 4.78 is 0. The summed E-state index contributed by atoms with van der Waals surface area (Å²) >= 11 is 12.1. The molecule has 120 valence electrons. The summed E-state index contributed by atoms with van der Waals surface area (Å²) in [6, 6.07) is 6.00. The lowest BCUT2D eigenvalue weighted by Gasteiger charge is -2.26. The van der Waals surface area contributed by atoms with Gasteiger partial charge in [0.05, 0.1) is 16.0 Å². The second-order valence-corrected chi connectivity index (χ2v) is 7.03. The zero-order valence-electron chi connectivity index (χ0n) is 12.2. The number of nitrogens with one attached hydrogen (secondary N) is 2. The van der Waals surface area contributed by atoms with Crippen LogP contribution in [0.3, 0.4) is 0 Å². The fourth-order valence-electron chi connectivity index (χ4n) is 2.58. The Balaban J connectivity index is 1.81. The van der Waals surface area contributed by atoms with Gasteiger partial charge in [0.2, 0.25) is 0 Å². The van der Waals surface area contributed by atoms with E-state index in [1.165, 1.54) is 0 Å². The summed E-state index contributed by atoms with van der Waals surface area (Å²) in [6.07, 6.45) is 4.47. The Morgan fingerprint density at radius 1 is 1.18 bits per heavy atom. The maximum atomic E-state index is 11.8. The van der Waals surface area contributed by atoms with Gasteiger partial charge in [0, 0.05) is 24.7 Å². The Bertz CT molecular complexity index is 559. The highest BCUT2D eigenvalue weighted by molar-refractivity contribution is 6.42. The maximum Gasteiger partial charge on any atom is 0.309 e. The van der Waals surface area contributed by atoms with Gasteiger partial charge in [-0.15, -0.1) is 0 Å². The Labute approximate surface area is 140 Å². The molecule has 6 heteroatoms. The summed E-state index contributed by atoms with van der Waals surface area (Å²) in [5.74, 6) is -1.32. The normalized spacial score (nSPS) is 20.6. The van der Waals surface area contributed by atoms with Crippen molar-refractivity contribution in [2.75, 3.05) is 6.54 Å². The first-order valence-corrected chi connectivity index (χ1v) is 8.47. The maximum absolute atomic E-state index is 11.8. The molecule has 0 aliphatic heterocycles. The van der Waals surface area contributed by atoms with Gasteiger partial charge in [0.25, 0.3) is 0 Å². The highest BCUT2D eigenvalue weighted by Crippen LogP contribution is 2.33. The molecule has 0 amide bonds. The predicted molar refractivity (Wildman–Crippen MR) is 87.5 cm³/mol. The molecule has 2 saturated carbocycles. The van der Waals surface area contributed by atoms with Crippen LogP contribution >= 0.6 is 23.2 Å². The minimum atomic E-state index is -0.794. The lowest BCUT2D eigenvalue weighted by molar-refractivity contribution is -0.142. The molecule has 0 bridgehead atoms. The molecule has 4 nitrogen and oxygen atoms in total. The molecule has 1 aromatic rings. The highest BCUT2D eigenvalue weighted by atomic mass is 35.5. The van der Waals surface area contributed by atoms with Crippen molar-refractivity contribution in [2.24, 2.45) is 5.92 Å². The van der Waals surface area contributed by atoms with E-state index in [1.807, 2.05) is 6.07 Å². The SMILES string of the molecule is O=C(O)C(CNC1CC1)C(NC1CC1)c1ccc(Cl)c(Cl)c1. The number of benzene rings is 1. The number of aliphatic carboxylic acids is 1. The van der Waals surface area contributed by atoms with Gasteiger partial charge in [-0.2, -0.15) is 0 Å². The van der Waals surface area contributed by atoms with E-state index in [0.717, 1.165) is 31.2 Å². The number of hydrogen-bond acceptors (Lipinski definition) is 3. The van der Waals surface area contributed by atoms with Gasteiger partial charge < -0.3 is 15.7 Å². The molecule has 0 heterocycles. The van der Waals surface area contributed by atoms with Gasteiger partial charge in [-0.3, -0.25) is 4.79 Å². The Morgan fingerprint density at radius 2 is 1.86 bits per heavy atom.